The number of hydrogen-bond donors (Lipinski definition) is 0. The van der Waals surface area contributed by atoms with E-state index in [2.05, 4.69) is 140 Å². The monoisotopic (exact) mass is 578 g/mol. The summed E-state index contributed by atoms with van der Waals surface area (Å²) in [4.78, 5) is 7.49. The largest absolute Gasteiger partial charge is 0.453 e. The summed E-state index contributed by atoms with van der Waals surface area (Å²) < 4.78 is 6.31. The molecule has 1 aliphatic carbocycles. The predicted molar refractivity (Wildman–Crippen MR) is 185 cm³/mol. The predicted octanol–water partition coefficient (Wildman–Crippen LogP) is 11.5. The average Bonchev–Trinajstić information content (AvgIpc) is 3.32. The third-order valence-corrected chi connectivity index (χ3v) is 9.45. The normalized spacial score (nSPS) is 13.9. The van der Waals surface area contributed by atoms with Crippen LogP contribution < -0.4 is 9.64 Å². The molecule has 45 heavy (non-hydrogen) atoms. The van der Waals surface area contributed by atoms with E-state index in [4.69, 9.17) is 9.72 Å². The standard InChI is InChI=1S/C42H30N2O/c1-42(2)34-15-7-6-14-30(34)31-22-20-28(24-35(31)42)32-26-37(27-12-4-3-5-13-27)43-36-23-21-29(25-33(32)36)44-38-16-8-10-18-40(38)45-41-19-11-9-17-39(41)44/h3-26H,1-2H3. The Kier molecular flexibility index (Phi) is 5.54. The van der Waals surface area contributed by atoms with Gasteiger partial charge in [-0.25, -0.2) is 4.98 Å². The molecule has 0 radical (unpaired) electrons. The number of hydrogen-bond acceptors (Lipinski definition) is 3. The Labute approximate surface area is 263 Å². The van der Waals surface area contributed by atoms with E-state index in [-0.39, 0.29) is 5.41 Å². The van der Waals surface area contributed by atoms with Gasteiger partial charge in [-0.1, -0.05) is 105 Å². The topological polar surface area (TPSA) is 25.4 Å². The van der Waals surface area contributed by atoms with Crippen LogP contribution in [0.3, 0.4) is 0 Å². The van der Waals surface area contributed by atoms with E-state index in [0.29, 0.717) is 0 Å². The molecule has 0 saturated carbocycles. The Balaban J connectivity index is 1.28. The Morgan fingerprint density at radius 1 is 0.533 bits per heavy atom. The minimum absolute atomic E-state index is 0.0839. The van der Waals surface area contributed by atoms with Crippen molar-refractivity contribution >= 4 is 28.0 Å². The number of rotatable bonds is 3. The fourth-order valence-electron chi connectivity index (χ4n) is 7.20. The zero-order valence-electron chi connectivity index (χ0n) is 25.2. The molecule has 0 bridgehead atoms. The van der Waals surface area contributed by atoms with Gasteiger partial charge in [0, 0.05) is 22.1 Å². The van der Waals surface area contributed by atoms with Crippen LogP contribution in [-0.4, -0.2) is 4.98 Å². The van der Waals surface area contributed by atoms with Crippen LogP contribution in [0.2, 0.25) is 0 Å². The molecule has 2 aliphatic rings. The number of ether oxygens (including phenoxy) is 1. The zero-order valence-corrected chi connectivity index (χ0v) is 25.2. The molecule has 7 aromatic rings. The van der Waals surface area contributed by atoms with Gasteiger partial charge in [0.15, 0.2) is 11.5 Å². The molecule has 1 aliphatic heterocycles. The number of benzene rings is 6. The van der Waals surface area contributed by atoms with Crippen molar-refractivity contribution in [2.45, 2.75) is 19.3 Å². The molecule has 3 nitrogen and oxygen atoms in total. The third-order valence-electron chi connectivity index (χ3n) is 9.45. The molecule has 9 rings (SSSR count). The molecule has 6 aromatic carbocycles. The lowest BCUT2D eigenvalue weighted by Crippen LogP contribution is -2.15. The molecule has 3 heteroatoms. The summed E-state index contributed by atoms with van der Waals surface area (Å²) in [5.41, 5.74) is 13.8. The molecule has 214 valence electrons. The van der Waals surface area contributed by atoms with E-state index in [9.17, 15) is 0 Å². The molecule has 0 N–H and O–H groups in total. The maximum absolute atomic E-state index is 6.31. The van der Waals surface area contributed by atoms with Crippen LogP contribution in [0.5, 0.6) is 11.5 Å². The van der Waals surface area contributed by atoms with Crippen molar-refractivity contribution in [1.29, 1.82) is 0 Å². The van der Waals surface area contributed by atoms with Gasteiger partial charge in [0.05, 0.1) is 22.6 Å². The number of nitrogens with zero attached hydrogens (tertiary/aromatic N) is 2. The molecule has 0 spiro atoms. The third kappa shape index (κ3) is 3.94. The van der Waals surface area contributed by atoms with Crippen molar-refractivity contribution in [3.63, 3.8) is 0 Å². The Morgan fingerprint density at radius 2 is 1.20 bits per heavy atom. The molecule has 0 fully saturated rings. The molecule has 1 aromatic heterocycles. The highest BCUT2D eigenvalue weighted by Crippen LogP contribution is 2.52. The van der Waals surface area contributed by atoms with Crippen molar-refractivity contribution in [1.82, 2.24) is 4.98 Å². The van der Waals surface area contributed by atoms with E-state index >= 15 is 0 Å². The summed E-state index contributed by atoms with van der Waals surface area (Å²) in [5.74, 6) is 1.68. The van der Waals surface area contributed by atoms with Crippen molar-refractivity contribution < 1.29 is 4.74 Å². The van der Waals surface area contributed by atoms with Gasteiger partial charge in [-0.2, -0.15) is 0 Å². The van der Waals surface area contributed by atoms with E-state index in [1.807, 2.05) is 24.3 Å². The van der Waals surface area contributed by atoms with Crippen LogP contribution in [0.1, 0.15) is 25.0 Å². The molecule has 0 saturated heterocycles. The first-order valence-electron chi connectivity index (χ1n) is 15.5. The summed E-state index contributed by atoms with van der Waals surface area (Å²) in [6.45, 7) is 4.68. The number of anilines is 3. The van der Waals surface area contributed by atoms with Crippen molar-refractivity contribution in [3.8, 4) is 45.0 Å². The van der Waals surface area contributed by atoms with Gasteiger partial charge >= 0.3 is 0 Å². The second-order valence-electron chi connectivity index (χ2n) is 12.4. The van der Waals surface area contributed by atoms with Gasteiger partial charge in [-0.3, -0.25) is 0 Å². The second-order valence-corrected chi connectivity index (χ2v) is 12.4. The van der Waals surface area contributed by atoms with Crippen LogP contribution in [0.15, 0.2) is 146 Å². The Bertz CT molecular complexity index is 2240. The van der Waals surface area contributed by atoms with E-state index in [1.54, 1.807) is 0 Å². The van der Waals surface area contributed by atoms with Gasteiger partial charge in [0.1, 0.15) is 0 Å². The van der Waals surface area contributed by atoms with Gasteiger partial charge < -0.3 is 9.64 Å². The van der Waals surface area contributed by atoms with Crippen LogP contribution in [0.4, 0.5) is 17.1 Å². The highest BCUT2D eigenvalue weighted by Gasteiger charge is 2.35. The van der Waals surface area contributed by atoms with Crippen molar-refractivity contribution in [2.75, 3.05) is 4.90 Å². The quantitative estimate of drug-likeness (QED) is 0.208. The first-order valence-corrected chi connectivity index (χ1v) is 15.5. The molecular formula is C42H30N2O. The highest BCUT2D eigenvalue weighted by atomic mass is 16.5. The van der Waals surface area contributed by atoms with E-state index < -0.39 is 0 Å². The second kappa shape index (κ2) is 9.67. The lowest BCUT2D eigenvalue weighted by atomic mass is 9.81. The molecule has 0 unspecified atom stereocenters. The maximum atomic E-state index is 6.31. The van der Waals surface area contributed by atoms with E-state index in [0.717, 1.165) is 50.7 Å². The van der Waals surface area contributed by atoms with Crippen LogP contribution in [-0.2, 0) is 5.41 Å². The van der Waals surface area contributed by atoms with Crippen LogP contribution in [0, 0.1) is 0 Å². The van der Waals surface area contributed by atoms with Crippen LogP contribution in [0.25, 0.3) is 44.4 Å². The van der Waals surface area contributed by atoms with Crippen molar-refractivity contribution in [2.24, 2.45) is 0 Å². The first kappa shape index (κ1) is 25.8. The number of aromatic nitrogens is 1. The smallest absolute Gasteiger partial charge is 0.151 e. The molecule has 2 heterocycles. The highest BCUT2D eigenvalue weighted by molar-refractivity contribution is 6.01. The fraction of sp³-hybridized carbons (Fsp3) is 0.0714. The van der Waals surface area contributed by atoms with Crippen molar-refractivity contribution in [3.05, 3.63) is 157 Å². The van der Waals surface area contributed by atoms with Gasteiger partial charge in [0.25, 0.3) is 0 Å². The minimum atomic E-state index is -0.0839. The number of fused-ring (bicyclic) bond motifs is 6. The fourth-order valence-corrected chi connectivity index (χ4v) is 7.20. The van der Waals surface area contributed by atoms with E-state index in [1.165, 1.54) is 33.4 Å². The summed E-state index contributed by atoms with van der Waals surface area (Å²) in [5, 5.41) is 1.11. The SMILES string of the molecule is CC1(C)c2ccccc2-c2ccc(-c3cc(-c4ccccc4)nc4ccc(N5c6ccccc6Oc6ccccc65)cc34)cc21. The van der Waals surface area contributed by atoms with Crippen LogP contribution >= 0.6 is 0 Å². The first-order chi connectivity index (χ1) is 22.1. The summed E-state index contributed by atoms with van der Waals surface area (Å²) in [6.07, 6.45) is 0. The van der Waals surface area contributed by atoms with Gasteiger partial charge in [-0.05, 0) is 88.0 Å². The zero-order chi connectivity index (χ0) is 30.1. The van der Waals surface area contributed by atoms with Gasteiger partial charge in [0.2, 0.25) is 0 Å². The molecular weight excluding hydrogens is 548 g/mol. The Morgan fingerprint density at radius 3 is 1.98 bits per heavy atom. The summed E-state index contributed by atoms with van der Waals surface area (Å²) in [7, 11) is 0. The maximum Gasteiger partial charge on any atom is 0.151 e. The number of pyridine rings is 1. The lowest BCUT2D eigenvalue weighted by Gasteiger charge is -2.33. The summed E-state index contributed by atoms with van der Waals surface area (Å²) >= 11 is 0. The Hall–Kier alpha value is -5.67. The average molecular weight is 579 g/mol. The lowest BCUT2D eigenvalue weighted by molar-refractivity contribution is 0.477. The molecule has 0 amide bonds. The molecule has 0 atom stereocenters. The van der Waals surface area contributed by atoms with Gasteiger partial charge in [-0.15, -0.1) is 0 Å². The summed E-state index contributed by atoms with van der Waals surface area (Å²) in [6, 6.07) is 51.7. The number of para-hydroxylation sites is 4. The minimum Gasteiger partial charge on any atom is -0.453 e.